The smallest absolute Gasteiger partial charge is 0.270 e. The Labute approximate surface area is 128 Å². The van der Waals surface area contributed by atoms with Gasteiger partial charge in [0.15, 0.2) is 5.78 Å². The Bertz CT molecular complexity index is 687. The van der Waals surface area contributed by atoms with Crippen LogP contribution < -0.4 is 0 Å². The second-order valence-electron chi connectivity index (χ2n) is 5.41. The van der Waals surface area contributed by atoms with Crippen molar-refractivity contribution in [2.75, 3.05) is 19.7 Å². The number of aryl methyl sites for hydroxylation is 1. The summed E-state index contributed by atoms with van der Waals surface area (Å²) in [6.07, 6.45) is 3.02. The minimum Gasteiger partial charge on any atom is -0.467 e. The average Bonchev–Trinajstić information content (AvgIpc) is 3.16. The number of ketones is 1. The van der Waals surface area contributed by atoms with Crippen molar-refractivity contribution in [2.45, 2.75) is 13.0 Å². The Morgan fingerprint density at radius 1 is 1.36 bits per heavy atom. The highest BCUT2D eigenvalue weighted by molar-refractivity contribution is 5.99. The molecule has 0 aromatic carbocycles. The predicted octanol–water partition coefficient (Wildman–Crippen LogP) is 2.03. The van der Waals surface area contributed by atoms with Crippen molar-refractivity contribution < 1.29 is 18.7 Å². The summed E-state index contributed by atoms with van der Waals surface area (Å²) in [7, 11) is 1.77. The summed E-state index contributed by atoms with van der Waals surface area (Å²) in [5, 5.41) is 0. The van der Waals surface area contributed by atoms with E-state index in [0.717, 1.165) is 0 Å². The van der Waals surface area contributed by atoms with Crippen molar-refractivity contribution in [3.05, 3.63) is 47.7 Å². The molecule has 1 saturated heterocycles. The summed E-state index contributed by atoms with van der Waals surface area (Å²) in [5.74, 6) is 0.564. The third-order valence-corrected chi connectivity index (χ3v) is 3.84. The fourth-order valence-electron chi connectivity index (χ4n) is 2.61. The first-order chi connectivity index (χ1) is 10.6. The topological polar surface area (TPSA) is 64.7 Å². The van der Waals surface area contributed by atoms with E-state index in [4.69, 9.17) is 9.15 Å². The number of aromatic nitrogens is 1. The molecule has 116 valence electrons. The maximum Gasteiger partial charge on any atom is 0.270 e. The minimum absolute atomic E-state index is 0.0508. The van der Waals surface area contributed by atoms with Crippen molar-refractivity contribution in [3.8, 4) is 0 Å². The fourth-order valence-corrected chi connectivity index (χ4v) is 2.61. The number of hydrogen-bond acceptors (Lipinski definition) is 4. The summed E-state index contributed by atoms with van der Waals surface area (Å²) in [5.41, 5.74) is 1.05. The molecule has 6 nitrogen and oxygen atoms in total. The largest absolute Gasteiger partial charge is 0.467 e. The van der Waals surface area contributed by atoms with E-state index in [9.17, 15) is 9.59 Å². The summed E-state index contributed by atoms with van der Waals surface area (Å²) in [6.45, 7) is 2.91. The first kappa shape index (κ1) is 14.6. The highest BCUT2D eigenvalue weighted by atomic mass is 16.5. The Morgan fingerprint density at radius 2 is 2.18 bits per heavy atom. The van der Waals surface area contributed by atoms with Crippen LogP contribution in [0.2, 0.25) is 0 Å². The molecule has 22 heavy (non-hydrogen) atoms. The summed E-state index contributed by atoms with van der Waals surface area (Å²) in [6, 6.07) is 5.28. The molecule has 3 rings (SSSR count). The molecule has 1 amide bonds. The molecule has 1 aliphatic rings. The van der Waals surface area contributed by atoms with Gasteiger partial charge >= 0.3 is 0 Å². The van der Waals surface area contributed by atoms with Gasteiger partial charge in [0.25, 0.3) is 5.91 Å². The normalized spacial score (nSPS) is 18.5. The van der Waals surface area contributed by atoms with Crippen LogP contribution in [0.15, 0.2) is 35.1 Å². The molecular weight excluding hydrogens is 284 g/mol. The number of furan rings is 1. The number of amides is 1. The van der Waals surface area contributed by atoms with Crippen molar-refractivity contribution >= 4 is 11.7 Å². The molecule has 0 radical (unpaired) electrons. The first-order valence-corrected chi connectivity index (χ1v) is 7.18. The zero-order valence-corrected chi connectivity index (χ0v) is 12.6. The first-order valence-electron chi connectivity index (χ1n) is 7.18. The molecule has 0 aliphatic carbocycles. The van der Waals surface area contributed by atoms with E-state index in [1.165, 1.54) is 6.92 Å². The number of hydrogen-bond donors (Lipinski definition) is 0. The highest BCUT2D eigenvalue weighted by Gasteiger charge is 2.29. The lowest BCUT2D eigenvalue weighted by Gasteiger charge is -2.32. The number of Topliss-reactive ketones (excluding diaryl/α,β-unsaturated/α-hetero) is 1. The van der Waals surface area contributed by atoms with Gasteiger partial charge in [0.2, 0.25) is 0 Å². The molecule has 3 heterocycles. The van der Waals surface area contributed by atoms with Crippen LogP contribution in [0.4, 0.5) is 0 Å². The summed E-state index contributed by atoms with van der Waals surface area (Å²) in [4.78, 5) is 25.9. The average molecular weight is 302 g/mol. The molecule has 2 aromatic rings. The number of morpholine rings is 1. The fraction of sp³-hybridized carbons (Fsp3) is 0.375. The highest BCUT2D eigenvalue weighted by Crippen LogP contribution is 2.24. The van der Waals surface area contributed by atoms with Gasteiger partial charge in [-0.25, -0.2) is 0 Å². The number of rotatable bonds is 3. The van der Waals surface area contributed by atoms with Crippen LogP contribution in [-0.4, -0.2) is 40.9 Å². The Hall–Kier alpha value is -2.34. The van der Waals surface area contributed by atoms with Crippen LogP contribution in [-0.2, 0) is 11.8 Å². The van der Waals surface area contributed by atoms with Crippen molar-refractivity contribution in [3.63, 3.8) is 0 Å². The van der Waals surface area contributed by atoms with E-state index in [-0.39, 0.29) is 17.8 Å². The van der Waals surface area contributed by atoms with Gasteiger partial charge in [-0.3, -0.25) is 9.59 Å². The number of nitrogens with zero attached hydrogens (tertiary/aromatic N) is 2. The lowest BCUT2D eigenvalue weighted by Crippen LogP contribution is -2.42. The van der Waals surface area contributed by atoms with Gasteiger partial charge in [-0.2, -0.15) is 0 Å². The zero-order chi connectivity index (χ0) is 15.7. The molecule has 1 fully saturated rings. The van der Waals surface area contributed by atoms with Crippen LogP contribution in [0.25, 0.3) is 0 Å². The molecule has 1 atom stereocenters. The molecular formula is C16H18N2O4. The Morgan fingerprint density at radius 3 is 2.82 bits per heavy atom. The quantitative estimate of drug-likeness (QED) is 0.814. The van der Waals surface area contributed by atoms with E-state index >= 15 is 0 Å². The SMILES string of the molecule is CC(=O)c1cc(C(=O)N2CCOC(c3ccco3)C2)n(C)c1. The van der Waals surface area contributed by atoms with Crippen molar-refractivity contribution in [1.82, 2.24) is 9.47 Å². The van der Waals surface area contributed by atoms with Gasteiger partial charge in [-0.1, -0.05) is 0 Å². The van der Waals surface area contributed by atoms with Gasteiger partial charge in [-0.05, 0) is 25.1 Å². The van der Waals surface area contributed by atoms with Gasteiger partial charge in [0.05, 0.1) is 19.4 Å². The molecule has 1 aliphatic heterocycles. The van der Waals surface area contributed by atoms with Crippen LogP contribution in [0.5, 0.6) is 0 Å². The third kappa shape index (κ3) is 2.69. The van der Waals surface area contributed by atoms with Gasteiger partial charge in [0.1, 0.15) is 17.6 Å². The van der Waals surface area contributed by atoms with Gasteiger partial charge < -0.3 is 18.6 Å². The lowest BCUT2D eigenvalue weighted by molar-refractivity contribution is -0.0324. The molecule has 2 aromatic heterocycles. The second-order valence-corrected chi connectivity index (χ2v) is 5.41. The monoisotopic (exact) mass is 302 g/mol. The van der Waals surface area contributed by atoms with E-state index < -0.39 is 0 Å². The lowest BCUT2D eigenvalue weighted by atomic mass is 10.2. The van der Waals surface area contributed by atoms with Crippen LogP contribution in [0.1, 0.15) is 39.6 Å². The molecule has 0 N–H and O–H groups in total. The second kappa shape index (κ2) is 5.81. The van der Waals surface area contributed by atoms with Crippen LogP contribution in [0, 0.1) is 0 Å². The molecule has 0 bridgehead atoms. The minimum atomic E-state index is -0.250. The number of carbonyl (C=O) groups excluding carboxylic acids is 2. The van der Waals surface area contributed by atoms with Crippen molar-refractivity contribution in [1.29, 1.82) is 0 Å². The molecule has 0 saturated carbocycles. The standard InChI is InChI=1S/C16H18N2O4/c1-11(19)12-8-13(17(2)9-12)16(20)18-5-7-22-15(10-18)14-4-3-6-21-14/h3-4,6,8-9,15H,5,7,10H2,1-2H3. The Kier molecular flexibility index (Phi) is 3.85. The van der Waals surface area contributed by atoms with Gasteiger partial charge in [-0.15, -0.1) is 0 Å². The van der Waals surface area contributed by atoms with Gasteiger partial charge in [0, 0.05) is 25.4 Å². The zero-order valence-electron chi connectivity index (χ0n) is 12.6. The number of carbonyl (C=O) groups is 2. The molecule has 1 unspecified atom stereocenters. The van der Waals surface area contributed by atoms with E-state index in [0.29, 0.717) is 36.7 Å². The Balaban J connectivity index is 1.78. The predicted molar refractivity (Wildman–Crippen MR) is 78.7 cm³/mol. The maximum atomic E-state index is 12.7. The maximum absolute atomic E-state index is 12.7. The summed E-state index contributed by atoms with van der Waals surface area (Å²) >= 11 is 0. The van der Waals surface area contributed by atoms with Crippen molar-refractivity contribution in [2.24, 2.45) is 7.05 Å². The molecule has 6 heteroatoms. The molecule has 0 spiro atoms. The van der Waals surface area contributed by atoms with E-state index in [2.05, 4.69) is 0 Å². The van der Waals surface area contributed by atoms with E-state index in [1.54, 1.807) is 41.1 Å². The van der Waals surface area contributed by atoms with Crippen LogP contribution >= 0.6 is 0 Å². The summed E-state index contributed by atoms with van der Waals surface area (Å²) < 4.78 is 12.7. The van der Waals surface area contributed by atoms with Crippen LogP contribution in [0.3, 0.4) is 0 Å². The third-order valence-electron chi connectivity index (χ3n) is 3.84. The van der Waals surface area contributed by atoms with E-state index in [1.807, 2.05) is 6.07 Å². The number of ether oxygens (including phenoxy) is 1.